The van der Waals surface area contributed by atoms with Crippen LogP contribution in [0.25, 0.3) is 11.3 Å². The molecule has 1 aliphatic carbocycles. The van der Waals surface area contributed by atoms with Crippen LogP contribution in [0.2, 0.25) is 0 Å². The summed E-state index contributed by atoms with van der Waals surface area (Å²) in [5.74, 6) is -1.11. The largest absolute Gasteiger partial charge is 0.507 e. The fourth-order valence-corrected chi connectivity index (χ4v) is 4.61. The molecule has 168 valence electrons. The standard InChI is InChI=1S/C24H27N3O5/c28-19-4-1-5-20(32-12-13-6-7-13)21(19)18-10-15(14-3-2-8-25-11-14)16-9-17(24(30)31)23(29)27-22(16)26-18/h1,4-5,10,13-14,17,25,28H,2-3,6-9,11-12H2,(H,30,31)(H,26,27,29). The molecule has 4 N–H and O–H groups in total. The number of hydrogen-bond acceptors (Lipinski definition) is 6. The van der Waals surface area contributed by atoms with E-state index in [4.69, 9.17) is 4.74 Å². The van der Waals surface area contributed by atoms with E-state index in [9.17, 15) is 19.8 Å². The first kappa shape index (κ1) is 20.8. The van der Waals surface area contributed by atoms with Gasteiger partial charge < -0.3 is 25.6 Å². The fourth-order valence-electron chi connectivity index (χ4n) is 4.61. The number of anilines is 1. The molecule has 0 spiro atoms. The van der Waals surface area contributed by atoms with Crippen LogP contribution in [0.1, 0.15) is 42.7 Å². The van der Waals surface area contributed by atoms with Gasteiger partial charge in [0.05, 0.1) is 17.9 Å². The van der Waals surface area contributed by atoms with Crippen molar-refractivity contribution in [3.63, 3.8) is 0 Å². The van der Waals surface area contributed by atoms with Crippen molar-refractivity contribution in [2.75, 3.05) is 25.0 Å². The number of nitrogens with zero attached hydrogens (tertiary/aromatic N) is 1. The molecule has 3 aliphatic rings. The number of piperidine rings is 1. The van der Waals surface area contributed by atoms with Crippen LogP contribution in [0.5, 0.6) is 11.5 Å². The summed E-state index contributed by atoms with van der Waals surface area (Å²) in [7, 11) is 0. The molecule has 2 aromatic rings. The Kier molecular flexibility index (Phi) is 5.46. The molecule has 1 aromatic heterocycles. The first-order chi connectivity index (χ1) is 15.5. The number of fused-ring (bicyclic) bond motifs is 1. The van der Waals surface area contributed by atoms with E-state index in [1.54, 1.807) is 12.1 Å². The van der Waals surface area contributed by atoms with Crippen molar-refractivity contribution in [3.05, 3.63) is 35.4 Å². The highest BCUT2D eigenvalue weighted by Crippen LogP contribution is 2.42. The molecular weight excluding hydrogens is 410 g/mol. The van der Waals surface area contributed by atoms with Gasteiger partial charge in [0.25, 0.3) is 0 Å². The number of rotatable bonds is 6. The number of ether oxygens (including phenoxy) is 1. The second-order valence-electron chi connectivity index (χ2n) is 8.96. The van der Waals surface area contributed by atoms with Crippen LogP contribution in [0.4, 0.5) is 5.82 Å². The smallest absolute Gasteiger partial charge is 0.316 e. The Morgan fingerprint density at radius 1 is 1.25 bits per heavy atom. The maximum Gasteiger partial charge on any atom is 0.316 e. The lowest BCUT2D eigenvalue weighted by Crippen LogP contribution is -2.37. The molecule has 2 fully saturated rings. The molecule has 1 saturated heterocycles. The highest BCUT2D eigenvalue weighted by atomic mass is 16.5. The van der Waals surface area contributed by atoms with Crippen LogP contribution < -0.4 is 15.4 Å². The monoisotopic (exact) mass is 437 g/mol. The Bertz CT molecular complexity index is 1060. The number of aliphatic carboxylic acids is 1. The summed E-state index contributed by atoms with van der Waals surface area (Å²) in [5, 5.41) is 26.3. The molecule has 1 aromatic carbocycles. The summed E-state index contributed by atoms with van der Waals surface area (Å²) < 4.78 is 6.02. The van der Waals surface area contributed by atoms with E-state index in [2.05, 4.69) is 15.6 Å². The lowest BCUT2D eigenvalue weighted by atomic mass is 9.83. The average molecular weight is 437 g/mol. The maximum absolute atomic E-state index is 12.4. The van der Waals surface area contributed by atoms with E-state index < -0.39 is 17.8 Å². The number of carbonyl (C=O) groups is 2. The number of aromatic hydroxyl groups is 1. The Balaban J connectivity index is 1.61. The molecule has 5 rings (SSSR count). The van der Waals surface area contributed by atoms with Gasteiger partial charge in [0.1, 0.15) is 23.2 Å². The van der Waals surface area contributed by atoms with Crippen LogP contribution in [-0.4, -0.2) is 46.8 Å². The van der Waals surface area contributed by atoms with Crippen LogP contribution in [0.15, 0.2) is 24.3 Å². The second kappa shape index (κ2) is 8.43. The van der Waals surface area contributed by atoms with Crippen LogP contribution in [-0.2, 0) is 16.0 Å². The van der Waals surface area contributed by atoms with Crippen molar-refractivity contribution < 1.29 is 24.5 Å². The summed E-state index contributed by atoms with van der Waals surface area (Å²) in [4.78, 5) is 28.7. The third kappa shape index (κ3) is 4.02. The van der Waals surface area contributed by atoms with Gasteiger partial charge in [-0.25, -0.2) is 4.98 Å². The van der Waals surface area contributed by atoms with Crippen molar-refractivity contribution >= 4 is 17.7 Å². The van der Waals surface area contributed by atoms with Gasteiger partial charge >= 0.3 is 5.97 Å². The summed E-state index contributed by atoms with van der Waals surface area (Å²) in [6, 6.07) is 7.09. The van der Waals surface area contributed by atoms with Gasteiger partial charge in [0, 0.05) is 6.54 Å². The maximum atomic E-state index is 12.4. The fraction of sp³-hybridized carbons (Fsp3) is 0.458. The van der Waals surface area contributed by atoms with Crippen molar-refractivity contribution in [1.82, 2.24) is 10.3 Å². The van der Waals surface area contributed by atoms with E-state index in [-0.39, 0.29) is 18.1 Å². The lowest BCUT2D eigenvalue weighted by molar-refractivity contribution is -0.145. The van der Waals surface area contributed by atoms with Crippen molar-refractivity contribution in [1.29, 1.82) is 0 Å². The molecule has 2 atom stereocenters. The molecule has 1 amide bonds. The quantitative estimate of drug-likeness (QED) is 0.513. The zero-order valence-corrected chi connectivity index (χ0v) is 17.8. The Hall–Kier alpha value is -3.13. The number of benzene rings is 1. The minimum absolute atomic E-state index is 0.0593. The van der Waals surface area contributed by atoms with Gasteiger partial charge in [-0.1, -0.05) is 6.07 Å². The molecule has 3 heterocycles. The molecule has 32 heavy (non-hydrogen) atoms. The number of carboxylic acid groups (broad SMARTS) is 1. The number of pyridine rings is 1. The Morgan fingerprint density at radius 2 is 2.09 bits per heavy atom. The number of carbonyl (C=O) groups excluding carboxylic acids is 1. The van der Waals surface area contributed by atoms with E-state index in [0.29, 0.717) is 35.3 Å². The van der Waals surface area contributed by atoms with Gasteiger partial charge in [0.15, 0.2) is 0 Å². The molecule has 8 heteroatoms. The van der Waals surface area contributed by atoms with Gasteiger partial charge in [-0.05, 0) is 79.8 Å². The van der Waals surface area contributed by atoms with Crippen LogP contribution in [0, 0.1) is 11.8 Å². The van der Waals surface area contributed by atoms with Crippen LogP contribution >= 0.6 is 0 Å². The highest BCUT2D eigenvalue weighted by Gasteiger charge is 2.36. The van der Waals surface area contributed by atoms with E-state index in [1.807, 2.05) is 12.1 Å². The summed E-state index contributed by atoms with van der Waals surface area (Å²) in [6.07, 6.45) is 4.39. The van der Waals surface area contributed by atoms with E-state index in [1.165, 1.54) is 0 Å². The Labute approximate surface area is 186 Å². The molecule has 1 saturated carbocycles. The number of carboxylic acids is 1. The van der Waals surface area contributed by atoms with Crippen LogP contribution in [0.3, 0.4) is 0 Å². The molecule has 2 aliphatic heterocycles. The van der Waals surface area contributed by atoms with Gasteiger partial charge in [-0.15, -0.1) is 0 Å². The van der Waals surface area contributed by atoms with Gasteiger partial charge in [-0.3, -0.25) is 9.59 Å². The zero-order chi connectivity index (χ0) is 22.2. The highest BCUT2D eigenvalue weighted by molar-refractivity contribution is 6.06. The van der Waals surface area contributed by atoms with E-state index >= 15 is 0 Å². The van der Waals surface area contributed by atoms with Gasteiger partial charge in [0.2, 0.25) is 5.91 Å². The predicted molar refractivity (Wildman–Crippen MR) is 118 cm³/mol. The SMILES string of the molecule is O=C(O)C1Cc2c(C3CCCNC3)cc(-c3c(O)cccc3OCC3CC3)nc2NC1=O. The van der Waals surface area contributed by atoms with Crippen molar-refractivity contribution in [2.45, 2.75) is 38.0 Å². The lowest BCUT2D eigenvalue weighted by Gasteiger charge is -2.30. The summed E-state index contributed by atoms with van der Waals surface area (Å²) in [5.41, 5.74) is 2.75. The molecule has 2 unspecified atom stereocenters. The van der Waals surface area contributed by atoms with Crippen molar-refractivity contribution in [2.24, 2.45) is 11.8 Å². The average Bonchev–Trinajstić information content (AvgIpc) is 3.61. The first-order valence-electron chi connectivity index (χ1n) is 11.2. The first-order valence-corrected chi connectivity index (χ1v) is 11.2. The zero-order valence-electron chi connectivity index (χ0n) is 17.8. The predicted octanol–water partition coefficient (Wildman–Crippen LogP) is 2.91. The third-order valence-corrected chi connectivity index (χ3v) is 6.59. The third-order valence-electron chi connectivity index (χ3n) is 6.59. The summed E-state index contributed by atoms with van der Waals surface area (Å²) >= 11 is 0. The number of amides is 1. The molecular formula is C24H27N3O5. The summed E-state index contributed by atoms with van der Waals surface area (Å²) in [6.45, 7) is 2.31. The van der Waals surface area contributed by atoms with Gasteiger partial charge in [-0.2, -0.15) is 0 Å². The number of nitrogens with one attached hydrogen (secondary N) is 2. The molecule has 0 bridgehead atoms. The minimum Gasteiger partial charge on any atom is -0.507 e. The number of hydrogen-bond donors (Lipinski definition) is 4. The second-order valence-corrected chi connectivity index (χ2v) is 8.96. The Morgan fingerprint density at radius 3 is 2.81 bits per heavy atom. The number of aromatic nitrogens is 1. The van der Waals surface area contributed by atoms with E-state index in [0.717, 1.165) is 49.9 Å². The topological polar surface area (TPSA) is 121 Å². The minimum atomic E-state index is -1.14. The molecule has 0 radical (unpaired) electrons. The normalized spacial score (nSPS) is 22.7. The van der Waals surface area contributed by atoms with Crippen molar-refractivity contribution in [3.8, 4) is 22.8 Å². The number of phenolic OH excluding ortho intramolecular Hbond substituents is 1. The number of phenols is 1. The molecule has 8 nitrogen and oxygen atoms in total.